The zero-order valence-corrected chi connectivity index (χ0v) is 22.1. The number of fused-ring (bicyclic) bond motifs is 1. The minimum atomic E-state index is -2.89. The van der Waals surface area contributed by atoms with Crippen molar-refractivity contribution < 1.29 is 17.9 Å². The Morgan fingerprint density at radius 3 is 2.51 bits per heavy atom. The fraction of sp³-hybridized carbons (Fsp3) is 0.519. The number of piperidine rings is 1. The molecule has 2 aromatic heterocycles. The van der Waals surface area contributed by atoms with Crippen LogP contribution in [0, 0.1) is 12.7 Å². The third-order valence-electron chi connectivity index (χ3n) is 6.84. The first-order valence-corrected chi connectivity index (χ1v) is 12.6. The van der Waals surface area contributed by atoms with Gasteiger partial charge in [-0.1, -0.05) is 18.2 Å². The highest BCUT2D eigenvalue weighted by atomic mass is 19.3. The zero-order chi connectivity index (χ0) is 26.7. The van der Waals surface area contributed by atoms with Crippen molar-refractivity contribution in [2.45, 2.75) is 45.1 Å². The number of alkyl halides is 2. The average Bonchev–Trinajstić information content (AvgIpc) is 2.84. The Bertz CT molecular complexity index is 1230. The molecule has 1 N–H and O–H groups in total. The van der Waals surface area contributed by atoms with Crippen molar-refractivity contribution in [3.63, 3.8) is 0 Å². The second-order valence-electron chi connectivity index (χ2n) is 10.0. The maximum atomic E-state index is 14.8. The first-order chi connectivity index (χ1) is 17.6. The summed E-state index contributed by atoms with van der Waals surface area (Å²) in [6, 6.07) is 5.48. The van der Waals surface area contributed by atoms with Crippen LogP contribution in [0.3, 0.4) is 0 Å². The number of likely N-dealkylation sites (N-methyl/N-ethyl adjacent to an activating group) is 1. The highest BCUT2D eigenvalue weighted by Gasteiger charge is 2.25. The number of halogens is 3. The molecule has 10 heteroatoms. The van der Waals surface area contributed by atoms with Crippen LogP contribution in [-0.4, -0.2) is 72.1 Å². The Morgan fingerprint density at radius 1 is 1.14 bits per heavy atom. The summed E-state index contributed by atoms with van der Waals surface area (Å²) >= 11 is 0. The van der Waals surface area contributed by atoms with E-state index >= 15 is 0 Å². The van der Waals surface area contributed by atoms with E-state index in [1.165, 1.54) is 12.1 Å². The second-order valence-corrected chi connectivity index (χ2v) is 10.0. The molecule has 200 valence electrons. The monoisotopic (exact) mass is 516 g/mol. The van der Waals surface area contributed by atoms with Crippen LogP contribution >= 0.6 is 0 Å². The first kappa shape index (κ1) is 27.1. The van der Waals surface area contributed by atoms with Crippen molar-refractivity contribution in [2.75, 3.05) is 52.7 Å². The van der Waals surface area contributed by atoms with Gasteiger partial charge in [-0.05, 0) is 72.9 Å². The minimum absolute atomic E-state index is 0.148. The molecular formula is C27H35F3N6O. The predicted octanol–water partition coefficient (Wildman–Crippen LogP) is 5.33. The molecule has 0 saturated carbocycles. The van der Waals surface area contributed by atoms with Gasteiger partial charge in [-0.3, -0.25) is 0 Å². The molecule has 0 unspecified atom stereocenters. The molecule has 4 rings (SSSR count). The van der Waals surface area contributed by atoms with E-state index < -0.39 is 23.8 Å². The summed E-state index contributed by atoms with van der Waals surface area (Å²) in [5.41, 5.74) is 1.02. The van der Waals surface area contributed by atoms with E-state index in [9.17, 15) is 13.2 Å². The summed E-state index contributed by atoms with van der Waals surface area (Å²) in [6.45, 7) is 6.69. The maximum absolute atomic E-state index is 14.8. The SMILES string of the molecule is Cc1nc(N[C@H](C)c2cccc(C(F)F)c2F)c2cc(C3CCN(C)CC3)c(OCCN(C)C)nc2n1. The summed E-state index contributed by atoms with van der Waals surface area (Å²) in [4.78, 5) is 18.3. The minimum Gasteiger partial charge on any atom is -0.476 e. The molecule has 1 saturated heterocycles. The summed E-state index contributed by atoms with van der Waals surface area (Å²) in [5, 5.41) is 3.92. The number of pyridine rings is 1. The van der Waals surface area contributed by atoms with Crippen molar-refractivity contribution in [3.05, 3.63) is 52.6 Å². The van der Waals surface area contributed by atoms with Gasteiger partial charge in [-0.15, -0.1) is 0 Å². The van der Waals surface area contributed by atoms with Gasteiger partial charge in [-0.2, -0.15) is 4.98 Å². The maximum Gasteiger partial charge on any atom is 0.266 e. The number of ether oxygens (including phenoxy) is 1. The van der Waals surface area contributed by atoms with Crippen molar-refractivity contribution in [1.29, 1.82) is 0 Å². The van der Waals surface area contributed by atoms with Gasteiger partial charge in [0, 0.05) is 17.7 Å². The second kappa shape index (κ2) is 11.6. The third kappa shape index (κ3) is 6.30. The molecule has 1 aromatic carbocycles. The van der Waals surface area contributed by atoms with Crippen molar-refractivity contribution >= 4 is 16.9 Å². The Labute approximate surface area is 216 Å². The van der Waals surface area contributed by atoms with Gasteiger partial charge in [-0.25, -0.2) is 23.1 Å². The molecule has 1 aliphatic rings. The predicted molar refractivity (Wildman–Crippen MR) is 139 cm³/mol. The number of hydrogen-bond acceptors (Lipinski definition) is 7. The molecule has 0 aliphatic carbocycles. The lowest BCUT2D eigenvalue weighted by atomic mass is 9.89. The van der Waals surface area contributed by atoms with Crippen LogP contribution in [0.25, 0.3) is 11.0 Å². The molecule has 0 radical (unpaired) electrons. The highest BCUT2D eigenvalue weighted by molar-refractivity contribution is 5.88. The Balaban J connectivity index is 1.73. The number of benzene rings is 1. The van der Waals surface area contributed by atoms with Crippen molar-refractivity contribution in [3.8, 4) is 5.88 Å². The molecule has 3 heterocycles. The standard InChI is InChI=1S/C27H35F3N6O/c1-16(19-7-6-8-20(23(19)28)24(29)30)31-25-22-15-21(18-9-11-36(5)12-10-18)27(37-14-13-35(3)4)34-26(22)33-17(2)32-25/h6-8,15-16,18,24H,9-14H2,1-5H3,(H,31,32,33,34)/t16-/m1/s1. The molecule has 7 nitrogen and oxygen atoms in total. The van der Waals surface area contributed by atoms with Gasteiger partial charge in [0.2, 0.25) is 5.88 Å². The summed E-state index contributed by atoms with van der Waals surface area (Å²) < 4.78 is 47.5. The zero-order valence-electron chi connectivity index (χ0n) is 22.1. The quantitative estimate of drug-likeness (QED) is 0.412. The molecular weight excluding hydrogens is 481 g/mol. The number of aromatic nitrogens is 3. The Hall–Kier alpha value is -2.98. The molecule has 3 aromatic rings. The van der Waals surface area contributed by atoms with Crippen LogP contribution in [0.5, 0.6) is 5.88 Å². The van der Waals surface area contributed by atoms with E-state index in [2.05, 4.69) is 27.2 Å². The van der Waals surface area contributed by atoms with Crippen LogP contribution < -0.4 is 10.1 Å². The summed E-state index contributed by atoms with van der Waals surface area (Å²) in [6.07, 6.45) is -0.933. The fourth-order valence-electron chi connectivity index (χ4n) is 4.68. The van der Waals surface area contributed by atoms with E-state index in [1.54, 1.807) is 13.8 Å². The van der Waals surface area contributed by atoms with Crippen molar-refractivity contribution in [2.24, 2.45) is 0 Å². The molecule has 0 bridgehead atoms. The average molecular weight is 517 g/mol. The van der Waals surface area contributed by atoms with E-state index in [0.717, 1.165) is 44.1 Å². The van der Waals surface area contributed by atoms with E-state index in [1.807, 2.05) is 25.1 Å². The molecule has 1 aliphatic heterocycles. The van der Waals surface area contributed by atoms with Crippen LogP contribution in [-0.2, 0) is 0 Å². The number of anilines is 1. The number of nitrogens with one attached hydrogen (secondary N) is 1. The molecule has 1 fully saturated rings. The lowest BCUT2D eigenvalue weighted by molar-refractivity contribution is 0.146. The number of hydrogen-bond donors (Lipinski definition) is 1. The van der Waals surface area contributed by atoms with Crippen LogP contribution in [0.4, 0.5) is 19.0 Å². The van der Waals surface area contributed by atoms with Crippen LogP contribution in [0.2, 0.25) is 0 Å². The number of nitrogens with zero attached hydrogens (tertiary/aromatic N) is 5. The normalized spacial score (nSPS) is 16.1. The van der Waals surface area contributed by atoms with Gasteiger partial charge >= 0.3 is 0 Å². The topological polar surface area (TPSA) is 66.4 Å². The summed E-state index contributed by atoms with van der Waals surface area (Å²) in [5.74, 6) is 0.918. The molecule has 0 amide bonds. The lowest BCUT2D eigenvalue weighted by Gasteiger charge is -2.30. The van der Waals surface area contributed by atoms with Gasteiger partial charge in [0.15, 0.2) is 5.65 Å². The number of aryl methyl sites for hydroxylation is 1. The van der Waals surface area contributed by atoms with E-state index in [-0.39, 0.29) is 11.5 Å². The van der Waals surface area contributed by atoms with E-state index in [0.29, 0.717) is 35.2 Å². The van der Waals surface area contributed by atoms with Gasteiger partial charge < -0.3 is 19.9 Å². The highest BCUT2D eigenvalue weighted by Crippen LogP contribution is 2.37. The lowest BCUT2D eigenvalue weighted by Crippen LogP contribution is -2.29. The van der Waals surface area contributed by atoms with Gasteiger partial charge in [0.25, 0.3) is 6.43 Å². The van der Waals surface area contributed by atoms with Crippen LogP contribution in [0.1, 0.15) is 60.7 Å². The van der Waals surface area contributed by atoms with E-state index in [4.69, 9.17) is 9.72 Å². The molecule has 1 atom stereocenters. The Kier molecular flexibility index (Phi) is 8.49. The molecule has 0 spiro atoms. The fourth-order valence-corrected chi connectivity index (χ4v) is 4.68. The third-order valence-corrected chi connectivity index (χ3v) is 6.84. The first-order valence-electron chi connectivity index (χ1n) is 12.6. The van der Waals surface area contributed by atoms with Crippen LogP contribution in [0.15, 0.2) is 24.3 Å². The smallest absolute Gasteiger partial charge is 0.266 e. The van der Waals surface area contributed by atoms with Gasteiger partial charge in [0.05, 0.1) is 17.0 Å². The number of rotatable bonds is 9. The summed E-state index contributed by atoms with van der Waals surface area (Å²) in [7, 11) is 6.10. The van der Waals surface area contributed by atoms with Gasteiger partial charge in [0.1, 0.15) is 24.1 Å². The Morgan fingerprint density at radius 2 is 1.84 bits per heavy atom. The largest absolute Gasteiger partial charge is 0.476 e. The number of likely N-dealkylation sites (tertiary alicyclic amines) is 1. The molecule has 37 heavy (non-hydrogen) atoms. The van der Waals surface area contributed by atoms with Crippen molar-refractivity contribution in [1.82, 2.24) is 24.8 Å².